The van der Waals surface area contributed by atoms with Gasteiger partial charge < -0.3 is 10.2 Å². The Bertz CT molecular complexity index is 699. The van der Waals surface area contributed by atoms with Crippen molar-refractivity contribution in [3.05, 3.63) is 34.8 Å². The Balaban J connectivity index is 2.25. The molecular weight excluding hydrogens is 282 g/mol. The van der Waals surface area contributed by atoms with Gasteiger partial charge in [0.05, 0.1) is 0 Å². The molecule has 2 heterocycles. The number of nitrogens with zero attached hydrogens (tertiary/aromatic N) is 2. The highest BCUT2D eigenvalue weighted by Gasteiger charge is 2.12. The number of hydrogen-bond acceptors (Lipinski definition) is 3. The fraction of sp³-hybridized carbons (Fsp3) is 0.0833. The Hall–Kier alpha value is -1.75. The molecule has 5 heteroatoms. The molecule has 4 nitrogen and oxygen atoms in total. The smallest absolute Gasteiger partial charge is 0.153 e. The van der Waals surface area contributed by atoms with Crippen LogP contribution in [0.25, 0.3) is 22.4 Å². The number of aryl methyl sites for hydroxylation is 1. The quantitative estimate of drug-likeness (QED) is 0.749. The number of furan rings is 1. The highest BCUT2D eigenvalue weighted by molar-refractivity contribution is 9.10. The Morgan fingerprint density at radius 2 is 2.18 bits per heavy atom. The van der Waals surface area contributed by atoms with E-state index in [2.05, 4.69) is 21.0 Å². The number of rotatable bonds is 1. The van der Waals surface area contributed by atoms with E-state index in [1.165, 1.54) is 0 Å². The first-order valence-electron chi connectivity index (χ1n) is 5.13. The van der Waals surface area contributed by atoms with Crippen molar-refractivity contribution in [1.29, 1.82) is 0 Å². The molecule has 0 fully saturated rings. The van der Waals surface area contributed by atoms with E-state index < -0.39 is 0 Å². The molecule has 0 bridgehead atoms. The van der Waals surface area contributed by atoms with Crippen molar-refractivity contribution in [3.8, 4) is 11.5 Å². The maximum Gasteiger partial charge on any atom is 0.153 e. The van der Waals surface area contributed by atoms with Crippen LogP contribution in [0.15, 0.2) is 39.2 Å². The first kappa shape index (κ1) is 10.4. The molecule has 0 radical (unpaired) electrons. The maximum absolute atomic E-state index is 5.78. The van der Waals surface area contributed by atoms with Crippen molar-refractivity contribution in [2.75, 3.05) is 5.73 Å². The molecule has 17 heavy (non-hydrogen) atoms. The molecule has 3 rings (SSSR count). The number of nitrogens with two attached hydrogens (primary N) is 1. The van der Waals surface area contributed by atoms with Gasteiger partial charge in [-0.1, -0.05) is 22.0 Å². The normalized spacial score (nSPS) is 11.2. The summed E-state index contributed by atoms with van der Waals surface area (Å²) in [7, 11) is 1.84. The molecule has 0 aliphatic heterocycles. The number of fused-ring (bicyclic) bond motifs is 1. The van der Waals surface area contributed by atoms with Crippen molar-refractivity contribution >= 4 is 32.7 Å². The largest absolute Gasteiger partial charge is 0.454 e. The van der Waals surface area contributed by atoms with Gasteiger partial charge in [0.1, 0.15) is 17.1 Å². The van der Waals surface area contributed by atoms with Gasteiger partial charge in [-0.25, -0.2) is 0 Å². The molecule has 86 valence electrons. The van der Waals surface area contributed by atoms with E-state index in [1.807, 2.05) is 31.3 Å². The molecule has 0 aliphatic carbocycles. The minimum absolute atomic E-state index is 0.488. The average Bonchev–Trinajstić information content (AvgIpc) is 2.82. The summed E-state index contributed by atoms with van der Waals surface area (Å²) in [4.78, 5) is 0. The predicted molar refractivity (Wildman–Crippen MR) is 70.5 cm³/mol. The van der Waals surface area contributed by atoms with Crippen LogP contribution in [-0.4, -0.2) is 9.78 Å². The molecule has 0 atom stereocenters. The van der Waals surface area contributed by atoms with Crippen LogP contribution in [0.2, 0.25) is 0 Å². The zero-order valence-corrected chi connectivity index (χ0v) is 10.7. The van der Waals surface area contributed by atoms with Gasteiger partial charge in [-0.2, -0.15) is 5.10 Å². The summed E-state index contributed by atoms with van der Waals surface area (Å²) >= 11 is 3.50. The van der Waals surface area contributed by atoms with Gasteiger partial charge in [-0.3, -0.25) is 4.68 Å². The van der Waals surface area contributed by atoms with Crippen LogP contribution in [-0.2, 0) is 7.05 Å². The average molecular weight is 292 g/mol. The molecule has 0 saturated carbocycles. The molecule has 0 saturated heterocycles. The Kier molecular flexibility index (Phi) is 2.22. The van der Waals surface area contributed by atoms with E-state index >= 15 is 0 Å². The van der Waals surface area contributed by atoms with Gasteiger partial charge in [0.25, 0.3) is 0 Å². The summed E-state index contributed by atoms with van der Waals surface area (Å²) in [6.07, 6.45) is 0. The highest BCUT2D eigenvalue weighted by atomic mass is 79.9. The minimum atomic E-state index is 0.488. The summed E-state index contributed by atoms with van der Waals surface area (Å²) in [6, 6.07) is 9.64. The van der Waals surface area contributed by atoms with E-state index in [4.69, 9.17) is 10.2 Å². The van der Waals surface area contributed by atoms with E-state index in [0.717, 1.165) is 26.9 Å². The van der Waals surface area contributed by atoms with Crippen LogP contribution in [0.1, 0.15) is 0 Å². The topological polar surface area (TPSA) is 57.0 Å². The molecule has 2 N–H and O–H groups in total. The van der Waals surface area contributed by atoms with Crippen LogP contribution in [0.4, 0.5) is 5.82 Å². The lowest BCUT2D eigenvalue weighted by Crippen LogP contribution is -1.93. The molecule has 2 aromatic heterocycles. The molecule has 3 aromatic rings. The third-order valence-electron chi connectivity index (χ3n) is 2.66. The third kappa shape index (κ3) is 1.63. The first-order valence-corrected chi connectivity index (χ1v) is 5.92. The summed E-state index contributed by atoms with van der Waals surface area (Å²) in [5, 5.41) is 5.15. The van der Waals surface area contributed by atoms with Crippen LogP contribution in [0, 0.1) is 0 Å². The maximum atomic E-state index is 5.78. The third-order valence-corrected chi connectivity index (χ3v) is 3.35. The SMILES string of the molecule is Cn1nc(N)cc1-c1cc2c(Br)cccc2o1. The van der Waals surface area contributed by atoms with Crippen LogP contribution in [0.3, 0.4) is 0 Å². The highest BCUT2D eigenvalue weighted by Crippen LogP contribution is 2.32. The van der Waals surface area contributed by atoms with Gasteiger partial charge in [0.2, 0.25) is 0 Å². The van der Waals surface area contributed by atoms with E-state index in [0.29, 0.717) is 5.82 Å². The molecule has 0 spiro atoms. The van der Waals surface area contributed by atoms with Crippen molar-refractivity contribution in [2.24, 2.45) is 7.05 Å². The second-order valence-electron chi connectivity index (χ2n) is 3.84. The molecule has 0 aliphatic rings. The van der Waals surface area contributed by atoms with Crippen molar-refractivity contribution < 1.29 is 4.42 Å². The number of hydrogen-bond donors (Lipinski definition) is 1. The van der Waals surface area contributed by atoms with E-state index in [1.54, 1.807) is 10.7 Å². The molecule has 1 aromatic carbocycles. The number of anilines is 1. The molecule has 0 amide bonds. The Morgan fingerprint density at radius 3 is 2.82 bits per heavy atom. The van der Waals surface area contributed by atoms with Gasteiger partial charge in [0.15, 0.2) is 5.76 Å². The predicted octanol–water partition coefficient (Wildman–Crippen LogP) is 3.18. The van der Waals surface area contributed by atoms with Gasteiger partial charge in [0, 0.05) is 23.0 Å². The zero-order chi connectivity index (χ0) is 12.0. The van der Waals surface area contributed by atoms with Crippen LogP contribution in [0.5, 0.6) is 0 Å². The lowest BCUT2D eigenvalue weighted by atomic mass is 10.2. The van der Waals surface area contributed by atoms with E-state index in [-0.39, 0.29) is 0 Å². The van der Waals surface area contributed by atoms with E-state index in [9.17, 15) is 0 Å². The van der Waals surface area contributed by atoms with Crippen molar-refractivity contribution in [3.63, 3.8) is 0 Å². The van der Waals surface area contributed by atoms with Crippen LogP contribution < -0.4 is 5.73 Å². The van der Waals surface area contributed by atoms with Gasteiger partial charge in [-0.05, 0) is 18.2 Å². The first-order chi connectivity index (χ1) is 8.15. The second kappa shape index (κ2) is 3.63. The van der Waals surface area contributed by atoms with Crippen molar-refractivity contribution in [2.45, 2.75) is 0 Å². The minimum Gasteiger partial charge on any atom is -0.454 e. The van der Waals surface area contributed by atoms with Crippen molar-refractivity contribution in [1.82, 2.24) is 9.78 Å². The summed E-state index contributed by atoms with van der Waals surface area (Å²) in [5.41, 5.74) is 7.37. The summed E-state index contributed by atoms with van der Waals surface area (Å²) < 4.78 is 8.51. The summed E-state index contributed by atoms with van der Waals surface area (Å²) in [5.74, 6) is 1.25. The summed E-state index contributed by atoms with van der Waals surface area (Å²) in [6.45, 7) is 0. The number of nitrogen functional groups attached to an aromatic ring is 1. The number of halogens is 1. The molecule has 0 unspecified atom stereocenters. The Labute approximate surface area is 106 Å². The van der Waals surface area contributed by atoms with Gasteiger partial charge >= 0.3 is 0 Å². The number of aromatic nitrogens is 2. The Morgan fingerprint density at radius 1 is 1.35 bits per heavy atom. The monoisotopic (exact) mass is 291 g/mol. The zero-order valence-electron chi connectivity index (χ0n) is 9.14. The lowest BCUT2D eigenvalue weighted by Gasteiger charge is -1.94. The fourth-order valence-electron chi connectivity index (χ4n) is 1.87. The molecular formula is C12H10BrN3O. The standard InChI is InChI=1S/C12H10BrN3O/c1-16-9(6-12(14)15-16)11-5-7-8(13)3-2-4-10(7)17-11/h2-6H,1H3,(H2,14,15). The lowest BCUT2D eigenvalue weighted by molar-refractivity contribution is 0.618. The van der Waals surface area contributed by atoms with Crippen LogP contribution >= 0.6 is 15.9 Å². The second-order valence-corrected chi connectivity index (χ2v) is 4.69. The number of benzene rings is 1. The van der Waals surface area contributed by atoms with Gasteiger partial charge in [-0.15, -0.1) is 0 Å². The fourth-order valence-corrected chi connectivity index (χ4v) is 2.33.